The smallest absolute Gasteiger partial charge is 0.245 e. The lowest BCUT2D eigenvalue weighted by Gasteiger charge is -2.31. The Hall–Kier alpha value is -3.12. The highest BCUT2D eigenvalue weighted by molar-refractivity contribution is 5.92. The van der Waals surface area contributed by atoms with Crippen LogP contribution in [0.3, 0.4) is 0 Å². The van der Waals surface area contributed by atoms with E-state index in [-0.39, 0.29) is 23.8 Å². The van der Waals surface area contributed by atoms with Crippen LogP contribution in [0, 0.1) is 5.92 Å². The molecule has 0 bridgehead atoms. The SMILES string of the molecule is CC(C)[C@H](NC(=O)[C@H](C)N)C(=O)N1CCC[C@@H]1Cc1c(-c2ccccc2)[nH]c2ccccc12. The Labute approximate surface area is 195 Å². The third kappa shape index (κ3) is 4.81. The minimum atomic E-state index is -0.645. The maximum atomic E-state index is 13.6. The Morgan fingerprint density at radius 1 is 1.09 bits per heavy atom. The van der Waals surface area contributed by atoms with Gasteiger partial charge < -0.3 is 20.9 Å². The highest BCUT2D eigenvalue weighted by Crippen LogP contribution is 2.34. The predicted octanol–water partition coefficient (Wildman–Crippen LogP) is 3.86. The molecule has 0 spiro atoms. The first-order valence-corrected chi connectivity index (χ1v) is 11.9. The first-order valence-electron chi connectivity index (χ1n) is 11.9. The van der Waals surface area contributed by atoms with Gasteiger partial charge in [-0.05, 0) is 49.3 Å². The molecular formula is C27H34N4O2. The largest absolute Gasteiger partial charge is 0.354 e. The fourth-order valence-corrected chi connectivity index (χ4v) is 4.81. The molecule has 6 nitrogen and oxygen atoms in total. The first-order chi connectivity index (χ1) is 15.9. The van der Waals surface area contributed by atoms with Gasteiger partial charge in [0.25, 0.3) is 0 Å². The lowest BCUT2D eigenvalue weighted by atomic mass is 9.96. The van der Waals surface area contributed by atoms with E-state index < -0.39 is 12.1 Å². The van der Waals surface area contributed by atoms with E-state index in [1.165, 1.54) is 10.9 Å². The fourth-order valence-electron chi connectivity index (χ4n) is 4.81. The number of fused-ring (bicyclic) bond motifs is 1. The van der Waals surface area contributed by atoms with E-state index in [1.807, 2.05) is 43.0 Å². The van der Waals surface area contributed by atoms with E-state index in [9.17, 15) is 9.59 Å². The second-order valence-corrected chi connectivity index (χ2v) is 9.44. The van der Waals surface area contributed by atoms with E-state index in [0.717, 1.165) is 36.0 Å². The highest BCUT2D eigenvalue weighted by atomic mass is 16.2. The maximum Gasteiger partial charge on any atom is 0.245 e. The maximum absolute atomic E-state index is 13.6. The van der Waals surface area contributed by atoms with Crippen LogP contribution in [0.2, 0.25) is 0 Å². The van der Waals surface area contributed by atoms with Gasteiger partial charge in [-0.25, -0.2) is 0 Å². The van der Waals surface area contributed by atoms with Crippen molar-refractivity contribution in [1.29, 1.82) is 0 Å². The first kappa shape index (κ1) is 23.1. The molecule has 3 atom stereocenters. The Morgan fingerprint density at radius 2 is 1.79 bits per heavy atom. The summed E-state index contributed by atoms with van der Waals surface area (Å²) in [5, 5.41) is 4.07. The number of likely N-dealkylation sites (tertiary alicyclic amines) is 1. The van der Waals surface area contributed by atoms with Crippen molar-refractivity contribution in [1.82, 2.24) is 15.2 Å². The normalized spacial score (nSPS) is 18.0. The van der Waals surface area contributed by atoms with Crippen LogP contribution in [0.25, 0.3) is 22.2 Å². The number of hydrogen-bond acceptors (Lipinski definition) is 3. The van der Waals surface area contributed by atoms with Crippen molar-refractivity contribution >= 4 is 22.7 Å². The molecule has 6 heteroatoms. The number of para-hydroxylation sites is 1. The molecule has 4 rings (SSSR count). The summed E-state index contributed by atoms with van der Waals surface area (Å²) in [5.41, 5.74) is 10.3. The summed E-state index contributed by atoms with van der Waals surface area (Å²) < 4.78 is 0. The molecule has 1 aliphatic rings. The van der Waals surface area contributed by atoms with Crippen LogP contribution in [0.15, 0.2) is 54.6 Å². The van der Waals surface area contributed by atoms with Crippen molar-refractivity contribution in [2.75, 3.05) is 6.54 Å². The van der Waals surface area contributed by atoms with Crippen LogP contribution in [-0.2, 0) is 16.0 Å². The molecule has 3 aromatic rings. The van der Waals surface area contributed by atoms with Gasteiger partial charge in [-0.3, -0.25) is 9.59 Å². The van der Waals surface area contributed by atoms with Crippen LogP contribution >= 0.6 is 0 Å². The summed E-state index contributed by atoms with van der Waals surface area (Å²) in [5.74, 6) is -0.321. The van der Waals surface area contributed by atoms with Crippen LogP contribution in [0.4, 0.5) is 0 Å². The second kappa shape index (κ2) is 9.79. The average Bonchev–Trinajstić information content (AvgIpc) is 3.42. The van der Waals surface area contributed by atoms with Gasteiger partial charge in [0.1, 0.15) is 6.04 Å². The summed E-state index contributed by atoms with van der Waals surface area (Å²) in [6, 6.07) is 17.6. The molecule has 1 aliphatic heterocycles. The number of rotatable bonds is 7. The summed E-state index contributed by atoms with van der Waals surface area (Å²) >= 11 is 0. The van der Waals surface area contributed by atoms with Crippen LogP contribution in [0.5, 0.6) is 0 Å². The highest BCUT2D eigenvalue weighted by Gasteiger charge is 2.36. The van der Waals surface area contributed by atoms with Gasteiger partial charge in [-0.1, -0.05) is 62.4 Å². The van der Waals surface area contributed by atoms with Crippen LogP contribution in [0.1, 0.15) is 39.2 Å². The number of nitrogens with zero attached hydrogens (tertiary/aromatic N) is 1. The van der Waals surface area contributed by atoms with E-state index in [4.69, 9.17) is 5.73 Å². The second-order valence-electron chi connectivity index (χ2n) is 9.44. The van der Waals surface area contributed by atoms with E-state index in [0.29, 0.717) is 6.54 Å². The number of carbonyl (C=O) groups excluding carboxylic acids is 2. The third-order valence-electron chi connectivity index (χ3n) is 6.62. The van der Waals surface area contributed by atoms with Crippen LogP contribution in [-0.4, -0.2) is 46.4 Å². The molecule has 33 heavy (non-hydrogen) atoms. The number of amides is 2. The zero-order chi connectivity index (χ0) is 23.5. The molecule has 1 saturated heterocycles. The number of carbonyl (C=O) groups is 2. The average molecular weight is 447 g/mol. The lowest BCUT2D eigenvalue weighted by molar-refractivity contribution is -0.138. The topological polar surface area (TPSA) is 91.2 Å². The Kier molecular flexibility index (Phi) is 6.84. The standard InChI is InChI=1S/C27H34N4O2/c1-17(2)24(30-26(32)18(3)28)27(33)31-15-9-12-20(31)16-22-21-13-7-8-14-23(21)29-25(22)19-10-5-4-6-11-19/h4-8,10-11,13-14,17-18,20,24,29H,9,12,15-16,28H2,1-3H3,(H,30,32)/t18-,20+,24-/m0/s1. The Bertz CT molecular complexity index is 1120. The molecule has 0 unspecified atom stereocenters. The summed E-state index contributed by atoms with van der Waals surface area (Å²) in [6.07, 6.45) is 2.68. The molecule has 0 radical (unpaired) electrons. The van der Waals surface area contributed by atoms with Crippen molar-refractivity contribution in [3.63, 3.8) is 0 Å². The van der Waals surface area contributed by atoms with Gasteiger partial charge in [0.2, 0.25) is 11.8 Å². The van der Waals surface area contributed by atoms with Gasteiger partial charge >= 0.3 is 0 Å². The molecule has 1 aromatic heterocycles. The van der Waals surface area contributed by atoms with Crippen molar-refractivity contribution in [3.8, 4) is 11.3 Å². The number of hydrogen-bond donors (Lipinski definition) is 3. The fraction of sp³-hybridized carbons (Fsp3) is 0.407. The summed E-state index contributed by atoms with van der Waals surface area (Å²) in [4.78, 5) is 31.4. The number of nitrogens with two attached hydrogens (primary N) is 1. The molecule has 4 N–H and O–H groups in total. The van der Waals surface area contributed by atoms with Gasteiger partial charge in [0.15, 0.2) is 0 Å². The van der Waals surface area contributed by atoms with Crippen molar-refractivity contribution in [3.05, 3.63) is 60.2 Å². The Morgan fingerprint density at radius 3 is 2.48 bits per heavy atom. The van der Waals surface area contributed by atoms with E-state index >= 15 is 0 Å². The molecule has 174 valence electrons. The van der Waals surface area contributed by atoms with Crippen molar-refractivity contribution in [2.24, 2.45) is 11.7 Å². The summed E-state index contributed by atoms with van der Waals surface area (Å²) in [7, 11) is 0. The van der Waals surface area contributed by atoms with Crippen molar-refractivity contribution < 1.29 is 9.59 Å². The molecule has 2 aromatic carbocycles. The number of aromatic nitrogens is 1. The van der Waals surface area contributed by atoms with Crippen molar-refractivity contribution in [2.45, 2.75) is 58.2 Å². The van der Waals surface area contributed by atoms with Crippen LogP contribution < -0.4 is 11.1 Å². The third-order valence-corrected chi connectivity index (χ3v) is 6.62. The number of aromatic amines is 1. The lowest BCUT2D eigenvalue weighted by Crippen LogP contribution is -2.55. The zero-order valence-electron chi connectivity index (χ0n) is 19.7. The molecule has 1 fully saturated rings. The zero-order valence-corrected chi connectivity index (χ0v) is 19.7. The quantitative estimate of drug-likeness (QED) is 0.515. The van der Waals surface area contributed by atoms with E-state index in [2.05, 4.69) is 40.6 Å². The molecule has 0 aliphatic carbocycles. The minimum Gasteiger partial charge on any atom is -0.354 e. The summed E-state index contributed by atoms with van der Waals surface area (Å²) in [6.45, 7) is 6.27. The Balaban J connectivity index is 1.64. The number of nitrogens with one attached hydrogen (secondary N) is 2. The molecular weight excluding hydrogens is 412 g/mol. The predicted molar refractivity (Wildman–Crippen MR) is 133 cm³/mol. The molecule has 2 amide bonds. The minimum absolute atomic E-state index is 0.0115. The monoisotopic (exact) mass is 446 g/mol. The van der Waals surface area contributed by atoms with Gasteiger partial charge in [0, 0.05) is 29.2 Å². The molecule has 2 heterocycles. The molecule has 0 saturated carbocycles. The number of benzene rings is 2. The van der Waals surface area contributed by atoms with Gasteiger partial charge in [-0.2, -0.15) is 0 Å². The van der Waals surface area contributed by atoms with Gasteiger partial charge in [-0.15, -0.1) is 0 Å². The van der Waals surface area contributed by atoms with Gasteiger partial charge in [0.05, 0.1) is 6.04 Å². The van der Waals surface area contributed by atoms with E-state index in [1.54, 1.807) is 6.92 Å². The number of H-pyrrole nitrogens is 1.